The van der Waals surface area contributed by atoms with E-state index >= 15 is 0 Å². The van der Waals surface area contributed by atoms with Gasteiger partial charge < -0.3 is 0 Å². The Hall–Kier alpha value is -2.70. The first-order chi connectivity index (χ1) is 12.3. The van der Waals surface area contributed by atoms with Crippen molar-refractivity contribution >= 4 is 37.1 Å². The SMILES string of the molecule is COC(=O)C1=CC(=C(C)c2ccc([N+](=O)[O-])cc2)C=C(C(=O)OC)[Se+]1C. The van der Waals surface area contributed by atoms with E-state index in [1.807, 2.05) is 12.7 Å². The average Bonchev–Trinajstić information content (AvgIpc) is 2.66. The van der Waals surface area contributed by atoms with Gasteiger partial charge in [0.25, 0.3) is 0 Å². The zero-order valence-corrected chi connectivity index (χ0v) is 16.5. The summed E-state index contributed by atoms with van der Waals surface area (Å²) in [7, 11) is 2.59. The van der Waals surface area contributed by atoms with Crippen LogP contribution >= 0.6 is 0 Å². The van der Waals surface area contributed by atoms with Gasteiger partial charge in [0.1, 0.15) is 0 Å². The van der Waals surface area contributed by atoms with Crippen LogP contribution in [0, 0.1) is 10.1 Å². The normalized spacial score (nSPS) is 16.3. The van der Waals surface area contributed by atoms with Crippen LogP contribution in [0.25, 0.3) is 5.57 Å². The fraction of sp³-hybridized carbons (Fsp3) is 0.222. The van der Waals surface area contributed by atoms with Gasteiger partial charge >= 0.3 is 155 Å². The molecule has 0 unspecified atom stereocenters. The Kier molecular flexibility index (Phi) is 6.13. The molecule has 2 rings (SSSR count). The number of esters is 2. The number of benzene rings is 1. The second kappa shape index (κ2) is 8.12. The van der Waals surface area contributed by atoms with E-state index in [0.717, 1.165) is 11.1 Å². The third-order valence-corrected chi connectivity index (χ3v) is 7.91. The maximum atomic E-state index is 12.1. The van der Waals surface area contributed by atoms with E-state index in [9.17, 15) is 19.7 Å². The molecule has 0 atom stereocenters. The Morgan fingerprint density at radius 2 is 1.46 bits per heavy atom. The van der Waals surface area contributed by atoms with E-state index in [0.29, 0.717) is 14.5 Å². The number of hydrogen-bond acceptors (Lipinski definition) is 6. The van der Waals surface area contributed by atoms with Crippen molar-refractivity contribution in [3.63, 3.8) is 0 Å². The molecule has 0 N–H and O–H groups in total. The van der Waals surface area contributed by atoms with Crippen molar-refractivity contribution in [2.45, 2.75) is 12.7 Å². The molecule has 0 spiro atoms. The predicted molar refractivity (Wildman–Crippen MR) is 97.5 cm³/mol. The summed E-state index contributed by atoms with van der Waals surface area (Å²) in [5.41, 5.74) is 2.19. The first kappa shape index (κ1) is 19.6. The number of non-ortho nitro benzene ring substituents is 1. The number of hydrogen-bond donors (Lipinski definition) is 0. The molecule has 1 aromatic carbocycles. The second-order valence-electron chi connectivity index (χ2n) is 5.39. The summed E-state index contributed by atoms with van der Waals surface area (Å²) < 4.78 is 10.6. The fourth-order valence-corrected chi connectivity index (χ4v) is 5.58. The summed E-state index contributed by atoms with van der Waals surface area (Å²) in [6.45, 7) is 1.82. The summed E-state index contributed by atoms with van der Waals surface area (Å²) in [5.74, 6) is 0.908. The standard InChI is InChI=1S/C18H18NO6Se/c1-11(12-5-7-14(8-6-12)19(22)23)13-9-15(17(20)24-2)26(4)16(10-13)18(21)25-3/h5-10H,1-4H3/q+1. The van der Waals surface area contributed by atoms with Gasteiger partial charge in [0.15, 0.2) is 0 Å². The van der Waals surface area contributed by atoms with Gasteiger partial charge in [0.05, 0.1) is 0 Å². The van der Waals surface area contributed by atoms with Crippen LogP contribution in [0.15, 0.2) is 50.9 Å². The molecule has 0 radical (unpaired) electrons. The first-order valence-electron chi connectivity index (χ1n) is 7.51. The monoisotopic (exact) mass is 424 g/mol. The summed E-state index contributed by atoms with van der Waals surface area (Å²) in [5, 5.41) is 10.8. The number of rotatable bonds is 4. The number of nitro groups is 1. The molecule has 0 saturated carbocycles. The number of carbonyl (C=O) groups is 2. The Labute approximate surface area is 155 Å². The maximum absolute atomic E-state index is 12.1. The van der Waals surface area contributed by atoms with Gasteiger partial charge in [-0.2, -0.15) is 0 Å². The average molecular weight is 423 g/mol. The summed E-state index contributed by atoms with van der Waals surface area (Å²) >= 11 is -1.87. The zero-order valence-electron chi connectivity index (χ0n) is 14.8. The van der Waals surface area contributed by atoms with E-state index < -0.39 is 30.8 Å². The van der Waals surface area contributed by atoms with Crippen molar-refractivity contribution in [3.8, 4) is 0 Å². The van der Waals surface area contributed by atoms with Crippen molar-refractivity contribution in [1.29, 1.82) is 0 Å². The van der Waals surface area contributed by atoms with Crippen LogP contribution in [0.4, 0.5) is 5.69 Å². The first-order valence-corrected chi connectivity index (χ1v) is 10.9. The predicted octanol–water partition coefficient (Wildman–Crippen LogP) is 2.78. The number of nitrogens with zero attached hydrogens (tertiary/aromatic N) is 1. The van der Waals surface area contributed by atoms with Gasteiger partial charge in [-0.15, -0.1) is 0 Å². The molecule has 0 bridgehead atoms. The number of nitro benzene ring substituents is 1. The molecule has 136 valence electrons. The third kappa shape index (κ3) is 3.92. The molecule has 0 saturated heterocycles. The molecular formula is C18H18NO6Se+. The van der Waals surface area contributed by atoms with Crippen LogP contribution in [0.5, 0.6) is 0 Å². The van der Waals surface area contributed by atoms with E-state index in [-0.39, 0.29) is 5.69 Å². The molecule has 0 aliphatic carbocycles. The molecule has 1 aliphatic heterocycles. The Morgan fingerprint density at radius 3 is 1.85 bits per heavy atom. The van der Waals surface area contributed by atoms with Gasteiger partial charge in [0, 0.05) is 0 Å². The molecule has 0 fully saturated rings. The van der Waals surface area contributed by atoms with E-state index in [1.54, 1.807) is 24.3 Å². The van der Waals surface area contributed by atoms with Crippen LogP contribution in [-0.2, 0) is 19.1 Å². The van der Waals surface area contributed by atoms with Gasteiger partial charge in [-0.05, 0) is 0 Å². The third-order valence-electron chi connectivity index (χ3n) is 3.95. The van der Waals surface area contributed by atoms with E-state index in [2.05, 4.69) is 0 Å². The second-order valence-corrected chi connectivity index (χ2v) is 9.38. The number of allylic oxidation sites excluding steroid dienone is 4. The van der Waals surface area contributed by atoms with Crippen molar-refractivity contribution in [2.24, 2.45) is 0 Å². The zero-order chi connectivity index (χ0) is 19.4. The molecule has 0 amide bonds. The molecule has 7 nitrogen and oxygen atoms in total. The van der Waals surface area contributed by atoms with Crippen LogP contribution in [-0.4, -0.2) is 45.0 Å². The van der Waals surface area contributed by atoms with Gasteiger partial charge in [-0.1, -0.05) is 0 Å². The van der Waals surface area contributed by atoms with Crippen molar-refractivity contribution in [3.05, 3.63) is 66.6 Å². The Bertz CT molecular complexity index is 815. The summed E-state index contributed by atoms with van der Waals surface area (Å²) in [4.78, 5) is 34.6. The molecular weight excluding hydrogens is 405 g/mol. The van der Waals surface area contributed by atoms with Crippen molar-refractivity contribution in [1.82, 2.24) is 0 Å². The number of methoxy groups -OCH3 is 2. The molecule has 1 aromatic rings. The quantitative estimate of drug-likeness (QED) is 0.320. The molecule has 26 heavy (non-hydrogen) atoms. The number of ether oxygens (including phenoxy) is 2. The van der Waals surface area contributed by atoms with Crippen LogP contribution in [0.2, 0.25) is 5.82 Å². The Morgan fingerprint density at radius 1 is 1.00 bits per heavy atom. The molecule has 0 aromatic heterocycles. The van der Waals surface area contributed by atoms with E-state index in [1.165, 1.54) is 26.4 Å². The minimum absolute atomic E-state index is 0.00735. The Balaban J connectivity index is 2.58. The fourth-order valence-electron chi connectivity index (χ4n) is 2.40. The summed E-state index contributed by atoms with van der Waals surface area (Å²) in [6.07, 6.45) is 3.44. The molecule has 8 heteroatoms. The topological polar surface area (TPSA) is 95.7 Å². The van der Waals surface area contributed by atoms with E-state index in [4.69, 9.17) is 9.47 Å². The van der Waals surface area contributed by atoms with Crippen LogP contribution in [0.1, 0.15) is 12.5 Å². The van der Waals surface area contributed by atoms with Crippen LogP contribution < -0.4 is 0 Å². The number of carbonyl (C=O) groups excluding carboxylic acids is 2. The summed E-state index contributed by atoms with van der Waals surface area (Å²) in [6, 6.07) is 6.08. The van der Waals surface area contributed by atoms with Crippen molar-refractivity contribution < 1.29 is 24.0 Å². The van der Waals surface area contributed by atoms with Crippen LogP contribution in [0.3, 0.4) is 0 Å². The van der Waals surface area contributed by atoms with Gasteiger partial charge in [0.2, 0.25) is 0 Å². The van der Waals surface area contributed by atoms with Gasteiger partial charge in [-0.25, -0.2) is 0 Å². The molecule has 1 heterocycles. The van der Waals surface area contributed by atoms with Crippen molar-refractivity contribution in [2.75, 3.05) is 14.2 Å². The van der Waals surface area contributed by atoms with Gasteiger partial charge in [-0.3, -0.25) is 0 Å². The molecule has 1 aliphatic rings. The minimum atomic E-state index is -1.87.